The molecule has 4 nitrogen and oxygen atoms in total. The second kappa shape index (κ2) is 9.47. The van der Waals surface area contributed by atoms with Crippen LogP contribution in [0.1, 0.15) is 44.5 Å². The summed E-state index contributed by atoms with van der Waals surface area (Å²) in [6, 6.07) is 8.21. The Kier molecular flexibility index (Phi) is 7.03. The first-order chi connectivity index (χ1) is 12.6. The molecule has 0 spiro atoms. The van der Waals surface area contributed by atoms with Crippen molar-refractivity contribution in [2.24, 2.45) is 11.8 Å². The standard InChI is InChI=1S/C21H31N3OS/c1-16-13-17(2)15-24(14-16)12-6-11-22-20(25)9-5-10-21-23-18-7-3-4-8-19(18)26-21/h3-4,7-8,16-17H,5-6,9-15H2,1-2H3,(H,22,25)/t16-,17-/m1/s1. The molecule has 1 N–H and O–H groups in total. The molecule has 0 bridgehead atoms. The smallest absolute Gasteiger partial charge is 0.220 e. The molecule has 2 atom stereocenters. The average Bonchev–Trinajstić information content (AvgIpc) is 3.00. The van der Waals surface area contributed by atoms with E-state index in [0.29, 0.717) is 6.42 Å². The fourth-order valence-electron chi connectivity index (χ4n) is 4.02. The molecule has 1 aliphatic heterocycles. The van der Waals surface area contributed by atoms with Crippen molar-refractivity contribution >= 4 is 27.5 Å². The summed E-state index contributed by atoms with van der Waals surface area (Å²) >= 11 is 1.74. The monoisotopic (exact) mass is 373 g/mol. The number of benzene rings is 1. The van der Waals surface area contributed by atoms with E-state index in [9.17, 15) is 4.79 Å². The molecular weight excluding hydrogens is 342 g/mol. The molecular formula is C21H31N3OS. The second-order valence-electron chi connectivity index (χ2n) is 7.84. The Balaban J connectivity index is 1.28. The number of hydrogen-bond donors (Lipinski definition) is 1. The van der Waals surface area contributed by atoms with E-state index >= 15 is 0 Å². The topological polar surface area (TPSA) is 45.2 Å². The quantitative estimate of drug-likeness (QED) is 0.709. The van der Waals surface area contributed by atoms with Crippen LogP contribution in [0.4, 0.5) is 0 Å². The van der Waals surface area contributed by atoms with Gasteiger partial charge >= 0.3 is 0 Å². The summed E-state index contributed by atoms with van der Waals surface area (Å²) < 4.78 is 1.23. The highest BCUT2D eigenvalue weighted by molar-refractivity contribution is 7.18. The number of para-hydroxylation sites is 1. The van der Waals surface area contributed by atoms with E-state index in [0.717, 1.165) is 54.7 Å². The van der Waals surface area contributed by atoms with Crippen LogP contribution in [0.3, 0.4) is 0 Å². The number of thiazole rings is 1. The molecule has 2 heterocycles. The highest BCUT2D eigenvalue weighted by Gasteiger charge is 2.21. The van der Waals surface area contributed by atoms with E-state index in [-0.39, 0.29) is 5.91 Å². The van der Waals surface area contributed by atoms with Gasteiger partial charge in [0, 0.05) is 26.1 Å². The number of piperidine rings is 1. The number of hydrogen-bond acceptors (Lipinski definition) is 4. The highest BCUT2D eigenvalue weighted by atomic mass is 32.1. The number of carbonyl (C=O) groups excluding carboxylic acids is 1. The molecule has 3 rings (SSSR count). The normalized spacial score (nSPS) is 21.2. The molecule has 0 radical (unpaired) electrons. The van der Waals surface area contributed by atoms with Gasteiger partial charge in [0.15, 0.2) is 0 Å². The Labute approximate surface area is 161 Å². The highest BCUT2D eigenvalue weighted by Crippen LogP contribution is 2.23. The summed E-state index contributed by atoms with van der Waals surface area (Å²) in [5.41, 5.74) is 1.07. The van der Waals surface area contributed by atoms with E-state index < -0.39 is 0 Å². The van der Waals surface area contributed by atoms with Crippen molar-refractivity contribution in [2.75, 3.05) is 26.2 Å². The Hall–Kier alpha value is -1.46. The summed E-state index contributed by atoms with van der Waals surface area (Å²) in [7, 11) is 0. The van der Waals surface area contributed by atoms with Gasteiger partial charge in [0.25, 0.3) is 0 Å². The van der Waals surface area contributed by atoms with Crippen molar-refractivity contribution in [2.45, 2.75) is 46.0 Å². The van der Waals surface area contributed by atoms with Crippen molar-refractivity contribution in [1.82, 2.24) is 15.2 Å². The molecule has 26 heavy (non-hydrogen) atoms. The molecule has 1 aliphatic rings. The van der Waals surface area contributed by atoms with Crippen LogP contribution in [-0.4, -0.2) is 42.0 Å². The van der Waals surface area contributed by atoms with Crippen LogP contribution in [0.2, 0.25) is 0 Å². The van der Waals surface area contributed by atoms with Gasteiger partial charge in [-0.15, -0.1) is 11.3 Å². The van der Waals surface area contributed by atoms with Crippen LogP contribution in [0.25, 0.3) is 10.2 Å². The summed E-state index contributed by atoms with van der Waals surface area (Å²) in [5, 5.41) is 4.21. The number of aromatic nitrogens is 1. The van der Waals surface area contributed by atoms with Gasteiger partial charge in [-0.25, -0.2) is 4.98 Å². The number of nitrogens with one attached hydrogen (secondary N) is 1. The first-order valence-corrected chi connectivity index (χ1v) is 10.8. The van der Waals surface area contributed by atoms with E-state index in [1.165, 1.54) is 24.2 Å². The molecule has 0 unspecified atom stereocenters. The zero-order valence-electron chi connectivity index (χ0n) is 16.0. The first kappa shape index (κ1) is 19.3. The third-order valence-corrected chi connectivity index (χ3v) is 6.15. The van der Waals surface area contributed by atoms with E-state index in [2.05, 4.69) is 35.1 Å². The maximum Gasteiger partial charge on any atom is 0.220 e. The van der Waals surface area contributed by atoms with Crippen molar-refractivity contribution in [1.29, 1.82) is 0 Å². The van der Waals surface area contributed by atoms with Crippen LogP contribution in [-0.2, 0) is 11.2 Å². The summed E-state index contributed by atoms with van der Waals surface area (Å²) in [6.07, 6.45) is 4.74. The predicted octanol–water partition coefficient (Wildman–Crippen LogP) is 4.10. The lowest BCUT2D eigenvalue weighted by atomic mass is 9.92. The molecule has 1 aromatic carbocycles. The number of carbonyl (C=O) groups is 1. The van der Waals surface area contributed by atoms with Gasteiger partial charge in [-0.05, 0) is 56.2 Å². The second-order valence-corrected chi connectivity index (χ2v) is 8.95. The Morgan fingerprint density at radius 3 is 2.77 bits per heavy atom. The Morgan fingerprint density at radius 2 is 2.00 bits per heavy atom. The predicted molar refractivity (Wildman–Crippen MR) is 110 cm³/mol. The largest absolute Gasteiger partial charge is 0.356 e. The first-order valence-electron chi connectivity index (χ1n) is 9.93. The van der Waals surface area contributed by atoms with Gasteiger partial charge in [0.2, 0.25) is 5.91 Å². The number of rotatable bonds is 8. The minimum absolute atomic E-state index is 0.173. The average molecular weight is 374 g/mol. The van der Waals surface area contributed by atoms with E-state index in [4.69, 9.17) is 0 Å². The molecule has 1 aromatic heterocycles. The minimum Gasteiger partial charge on any atom is -0.356 e. The number of fused-ring (bicyclic) bond motifs is 1. The number of nitrogens with zero attached hydrogens (tertiary/aromatic N) is 2. The van der Waals surface area contributed by atoms with Crippen molar-refractivity contribution in [3.63, 3.8) is 0 Å². The molecule has 2 aromatic rings. The molecule has 1 amide bonds. The van der Waals surface area contributed by atoms with Gasteiger partial charge in [-0.3, -0.25) is 4.79 Å². The fraction of sp³-hybridized carbons (Fsp3) is 0.619. The third-order valence-electron chi connectivity index (χ3n) is 5.05. The van der Waals surface area contributed by atoms with E-state index in [1.54, 1.807) is 11.3 Å². The van der Waals surface area contributed by atoms with Gasteiger partial charge in [-0.2, -0.15) is 0 Å². The van der Waals surface area contributed by atoms with Crippen LogP contribution < -0.4 is 5.32 Å². The van der Waals surface area contributed by atoms with Crippen LogP contribution in [0, 0.1) is 11.8 Å². The van der Waals surface area contributed by atoms with Crippen molar-refractivity contribution in [3.8, 4) is 0 Å². The van der Waals surface area contributed by atoms with Crippen LogP contribution >= 0.6 is 11.3 Å². The number of likely N-dealkylation sites (tertiary alicyclic amines) is 1. The molecule has 1 saturated heterocycles. The summed E-state index contributed by atoms with van der Waals surface area (Å²) in [5.74, 6) is 1.78. The fourth-order valence-corrected chi connectivity index (χ4v) is 5.03. The molecule has 142 valence electrons. The van der Waals surface area contributed by atoms with E-state index in [1.807, 2.05) is 18.2 Å². The number of amides is 1. The van der Waals surface area contributed by atoms with Gasteiger partial charge < -0.3 is 10.2 Å². The summed E-state index contributed by atoms with van der Waals surface area (Å²) in [6.45, 7) is 8.99. The lowest BCUT2D eigenvalue weighted by Crippen LogP contribution is -2.40. The van der Waals surface area contributed by atoms with Crippen LogP contribution in [0.15, 0.2) is 24.3 Å². The lowest BCUT2D eigenvalue weighted by molar-refractivity contribution is -0.121. The zero-order valence-corrected chi connectivity index (χ0v) is 16.9. The maximum atomic E-state index is 12.0. The van der Waals surface area contributed by atoms with Crippen LogP contribution in [0.5, 0.6) is 0 Å². The SMILES string of the molecule is C[C@@H]1C[C@@H](C)CN(CCCNC(=O)CCCc2nc3ccccc3s2)C1. The lowest BCUT2D eigenvalue weighted by Gasteiger charge is -2.34. The maximum absolute atomic E-state index is 12.0. The Morgan fingerprint density at radius 1 is 1.23 bits per heavy atom. The summed E-state index contributed by atoms with van der Waals surface area (Å²) in [4.78, 5) is 19.2. The zero-order chi connectivity index (χ0) is 18.4. The van der Waals surface area contributed by atoms with Crippen molar-refractivity contribution < 1.29 is 4.79 Å². The molecule has 5 heteroatoms. The minimum atomic E-state index is 0.173. The Bertz CT molecular complexity index is 671. The molecule has 0 aliphatic carbocycles. The molecule has 1 fully saturated rings. The van der Waals surface area contributed by atoms with Gasteiger partial charge in [0.1, 0.15) is 0 Å². The van der Waals surface area contributed by atoms with Crippen molar-refractivity contribution in [3.05, 3.63) is 29.3 Å². The third kappa shape index (κ3) is 5.78. The number of aryl methyl sites for hydroxylation is 1. The van der Waals surface area contributed by atoms with Gasteiger partial charge in [-0.1, -0.05) is 26.0 Å². The van der Waals surface area contributed by atoms with Gasteiger partial charge in [0.05, 0.1) is 15.2 Å². The molecule has 0 saturated carbocycles.